The number of hydrogen-bond donors (Lipinski definition) is 0. The summed E-state index contributed by atoms with van der Waals surface area (Å²) in [5.41, 5.74) is 0.547. The summed E-state index contributed by atoms with van der Waals surface area (Å²) in [5.74, 6) is 0.502. The zero-order chi connectivity index (χ0) is 26.7. The van der Waals surface area contributed by atoms with Crippen molar-refractivity contribution in [2.75, 3.05) is 12.8 Å². The number of hydrogen-bond acceptors (Lipinski definition) is 2. The molecule has 200 valence electrons. The summed E-state index contributed by atoms with van der Waals surface area (Å²) in [5, 5.41) is 5.89. The van der Waals surface area contributed by atoms with Gasteiger partial charge in [-0.2, -0.15) is 0 Å². The fourth-order valence-corrected chi connectivity index (χ4v) is 12.6. The van der Waals surface area contributed by atoms with Crippen molar-refractivity contribution in [3.8, 4) is 0 Å². The Morgan fingerprint density at radius 2 is 1.13 bits per heavy atom. The zero-order valence-corrected chi connectivity index (χ0v) is 24.7. The van der Waals surface area contributed by atoms with E-state index in [0.717, 1.165) is 19.4 Å². The molecule has 0 bridgehead atoms. The summed E-state index contributed by atoms with van der Waals surface area (Å²) >= 11 is 0. The lowest BCUT2D eigenvalue weighted by Gasteiger charge is -2.34. The van der Waals surface area contributed by atoms with Gasteiger partial charge in [-0.15, -0.1) is 0 Å². The first kappa shape index (κ1) is 26.9. The average molecular weight is 553 g/mol. The number of fused-ring (bicyclic) bond motifs is 1. The Morgan fingerprint density at radius 1 is 0.667 bits per heavy atom. The van der Waals surface area contributed by atoms with Crippen LogP contribution in [0.5, 0.6) is 0 Å². The predicted octanol–water partition coefficient (Wildman–Crippen LogP) is 6.80. The molecule has 4 atom stereocenters. The van der Waals surface area contributed by atoms with Gasteiger partial charge in [-0.3, -0.25) is 0 Å². The third-order valence-electron chi connectivity index (χ3n) is 8.26. The van der Waals surface area contributed by atoms with E-state index in [1.165, 1.54) is 27.4 Å². The molecular formula is C35H38O2P2. The summed E-state index contributed by atoms with van der Waals surface area (Å²) < 4.78 is 13.0. The summed E-state index contributed by atoms with van der Waals surface area (Å²) in [6, 6.07) is 45.0. The quantitative estimate of drug-likeness (QED) is 0.235. The Balaban J connectivity index is 1.45. The molecule has 6 rings (SSSR count). The molecule has 4 aromatic rings. The molecule has 0 aromatic heterocycles. The van der Waals surface area contributed by atoms with Crippen molar-refractivity contribution in [2.24, 2.45) is 11.8 Å². The lowest BCUT2D eigenvalue weighted by atomic mass is 9.93. The summed E-state index contributed by atoms with van der Waals surface area (Å²) in [7, 11) is -1.05. The smallest absolute Gasteiger partial charge is 0.163 e. The Hall–Kier alpha value is -2.34. The van der Waals surface area contributed by atoms with Crippen molar-refractivity contribution in [3.63, 3.8) is 0 Å². The molecule has 2 fully saturated rings. The van der Waals surface area contributed by atoms with E-state index < -0.39 is 21.6 Å². The highest BCUT2D eigenvalue weighted by atomic mass is 31.1. The lowest BCUT2D eigenvalue weighted by Crippen LogP contribution is -2.32. The van der Waals surface area contributed by atoms with Gasteiger partial charge in [0.1, 0.15) is 0 Å². The van der Waals surface area contributed by atoms with Gasteiger partial charge < -0.3 is 9.47 Å². The Bertz CT molecular complexity index is 1240. The Kier molecular flexibility index (Phi) is 8.29. The number of benzene rings is 4. The summed E-state index contributed by atoms with van der Waals surface area (Å²) in [6.45, 7) is 4.95. The van der Waals surface area contributed by atoms with Crippen molar-refractivity contribution in [3.05, 3.63) is 121 Å². The average Bonchev–Trinajstić information content (AvgIpc) is 3.19. The molecule has 1 saturated carbocycles. The largest absolute Gasteiger partial charge is 0.351 e. The second kappa shape index (κ2) is 12.0. The van der Waals surface area contributed by atoms with E-state index in [4.69, 9.17) is 9.47 Å². The molecule has 3 unspecified atom stereocenters. The highest BCUT2D eigenvalue weighted by Crippen LogP contribution is 2.57. The van der Waals surface area contributed by atoms with Crippen LogP contribution in [-0.2, 0) is 9.47 Å². The maximum absolute atomic E-state index is 6.79. The first-order valence-electron chi connectivity index (χ1n) is 14.2. The standard InChI is InChI=1S/C35H38O2P2/c1-35(2)36-24-23-31-32(26-38(27-15-7-3-8-16-27)28-17-9-4-10-18-28)34(25-33(31)37-35)39(29-19-11-5-12-20-29)30-21-13-6-14-22-30/h3-22,31-34H,23-26H2,1-2H3/t31?,32-,33?,34?/m1/s1. The van der Waals surface area contributed by atoms with Crippen molar-refractivity contribution in [1.82, 2.24) is 0 Å². The Labute approximate surface area is 236 Å². The fourth-order valence-electron chi connectivity index (χ4n) is 6.57. The molecule has 4 aromatic carbocycles. The molecule has 1 aliphatic heterocycles. The maximum atomic E-state index is 6.79. The monoisotopic (exact) mass is 552 g/mol. The molecule has 0 radical (unpaired) electrons. The van der Waals surface area contributed by atoms with E-state index in [2.05, 4.69) is 135 Å². The van der Waals surface area contributed by atoms with Crippen LogP contribution in [0.3, 0.4) is 0 Å². The highest BCUT2D eigenvalue weighted by Gasteiger charge is 2.50. The van der Waals surface area contributed by atoms with E-state index >= 15 is 0 Å². The van der Waals surface area contributed by atoms with E-state index in [1.807, 2.05) is 0 Å². The van der Waals surface area contributed by atoms with Crippen LogP contribution in [0, 0.1) is 11.8 Å². The van der Waals surface area contributed by atoms with Crippen LogP contribution >= 0.6 is 15.8 Å². The van der Waals surface area contributed by atoms with Gasteiger partial charge in [-0.05, 0) is 87.4 Å². The zero-order valence-electron chi connectivity index (χ0n) is 22.9. The topological polar surface area (TPSA) is 18.5 Å². The molecule has 2 aliphatic rings. The molecular weight excluding hydrogens is 514 g/mol. The van der Waals surface area contributed by atoms with E-state index in [9.17, 15) is 0 Å². The maximum Gasteiger partial charge on any atom is 0.163 e. The molecule has 1 saturated heterocycles. The molecule has 39 heavy (non-hydrogen) atoms. The van der Waals surface area contributed by atoms with Gasteiger partial charge in [0.25, 0.3) is 0 Å². The van der Waals surface area contributed by atoms with Crippen LogP contribution in [-0.4, -0.2) is 30.3 Å². The number of ether oxygens (including phenoxy) is 2. The van der Waals surface area contributed by atoms with Crippen LogP contribution in [0.25, 0.3) is 0 Å². The van der Waals surface area contributed by atoms with Gasteiger partial charge in [0, 0.05) is 0 Å². The normalized spacial score (nSPS) is 24.4. The van der Waals surface area contributed by atoms with E-state index in [-0.39, 0.29) is 6.10 Å². The Morgan fingerprint density at radius 3 is 1.62 bits per heavy atom. The molecule has 1 heterocycles. The van der Waals surface area contributed by atoms with Crippen molar-refractivity contribution in [1.29, 1.82) is 0 Å². The first-order chi connectivity index (χ1) is 19.1. The van der Waals surface area contributed by atoms with Gasteiger partial charge >= 0.3 is 0 Å². The van der Waals surface area contributed by atoms with Crippen LogP contribution < -0.4 is 21.2 Å². The first-order valence-corrected chi connectivity index (χ1v) is 17.1. The highest BCUT2D eigenvalue weighted by molar-refractivity contribution is 7.74. The molecule has 0 spiro atoms. The third kappa shape index (κ3) is 6.06. The van der Waals surface area contributed by atoms with E-state index in [1.54, 1.807) is 0 Å². The second-order valence-electron chi connectivity index (χ2n) is 11.1. The van der Waals surface area contributed by atoms with Crippen molar-refractivity contribution < 1.29 is 9.47 Å². The molecule has 1 aliphatic carbocycles. The fraction of sp³-hybridized carbons (Fsp3) is 0.314. The van der Waals surface area contributed by atoms with Gasteiger partial charge in [0.05, 0.1) is 12.7 Å². The minimum Gasteiger partial charge on any atom is -0.351 e. The van der Waals surface area contributed by atoms with Crippen molar-refractivity contribution >= 4 is 37.1 Å². The summed E-state index contributed by atoms with van der Waals surface area (Å²) in [4.78, 5) is 0. The molecule has 2 nitrogen and oxygen atoms in total. The van der Waals surface area contributed by atoms with Crippen LogP contribution in [0.15, 0.2) is 121 Å². The van der Waals surface area contributed by atoms with Crippen LogP contribution in [0.4, 0.5) is 0 Å². The summed E-state index contributed by atoms with van der Waals surface area (Å²) in [6.07, 6.45) is 3.55. The van der Waals surface area contributed by atoms with Gasteiger partial charge in [-0.1, -0.05) is 121 Å². The molecule has 0 amide bonds. The van der Waals surface area contributed by atoms with Gasteiger partial charge in [0.15, 0.2) is 5.79 Å². The van der Waals surface area contributed by atoms with Crippen molar-refractivity contribution in [2.45, 2.75) is 44.2 Å². The van der Waals surface area contributed by atoms with Crippen LogP contribution in [0.2, 0.25) is 0 Å². The number of rotatable bonds is 7. The lowest BCUT2D eigenvalue weighted by molar-refractivity contribution is -0.224. The predicted molar refractivity (Wildman–Crippen MR) is 168 cm³/mol. The molecule has 4 heteroatoms. The third-order valence-corrected chi connectivity index (χ3v) is 13.9. The minimum absolute atomic E-state index is 0.221. The van der Waals surface area contributed by atoms with E-state index in [0.29, 0.717) is 17.5 Å². The van der Waals surface area contributed by atoms with Gasteiger partial charge in [-0.25, -0.2) is 0 Å². The minimum atomic E-state index is -0.547. The molecule has 0 N–H and O–H groups in total. The van der Waals surface area contributed by atoms with Crippen LogP contribution in [0.1, 0.15) is 26.7 Å². The van der Waals surface area contributed by atoms with Gasteiger partial charge in [0.2, 0.25) is 0 Å². The SMILES string of the molecule is CC1(C)OCCC2C(CC(P(c3ccccc3)c3ccccc3)[C@@H]2CP(c2ccccc2)c2ccccc2)O1. The second-order valence-corrected chi connectivity index (χ2v) is 15.8.